The highest BCUT2D eigenvalue weighted by molar-refractivity contribution is 6.02. The number of hydroxylamine groups is 2. The largest absolute Gasteiger partial charge is 0.489 e. The Kier molecular flexibility index (Phi) is 33.7. The molecule has 7 unspecified atom stereocenters. The minimum atomic E-state index is -0.927. The molecule has 0 aliphatic carbocycles. The van der Waals surface area contributed by atoms with Crippen molar-refractivity contribution in [2.45, 2.75) is 195 Å². The number of aromatic nitrogens is 3. The van der Waals surface area contributed by atoms with Crippen molar-refractivity contribution in [1.82, 2.24) is 55.6 Å². The monoisotopic (exact) mass is 1440 g/mol. The first-order chi connectivity index (χ1) is 49.0. The molecular weight excluding hydrogens is 1330 g/mol. The molecule has 6 rings (SSSR count). The molecule has 9 amide bonds. The van der Waals surface area contributed by atoms with Crippen LogP contribution in [0.2, 0.25) is 0 Å². The maximum atomic E-state index is 14.6. The van der Waals surface area contributed by atoms with Gasteiger partial charge in [-0.15, -0.1) is 10.2 Å². The summed E-state index contributed by atoms with van der Waals surface area (Å²) < 4.78 is 24.5. The number of primary amides is 1. The molecule has 4 heterocycles. The quantitative estimate of drug-likeness (QED) is 0.0439. The average Bonchev–Trinajstić information content (AvgIpc) is 1.73. The number of likely N-dealkylation sites (N-methyl/N-ethyl adjacent to an activating group) is 2. The van der Waals surface area contributed by atoms with E-state index < -0.39 is 65.7 Å². The summed E-state index contributed by atoms with van der Waals surface area (Å²) in [5.41, 5.74) is 8.26. The summed E-state index contributed by atoms with van der Waals surface area (Å²) in [4.78, 5) is 170. The van der Waals surface area contributed by atoms with E-state index in [9.17, 15) is 57.5 Å². The molecule has 0 spiro atoms. The van der Waals surface area contributed by atoms with E-state index in [1.807, 2.05) is 111 Å². The van der Waals surface area contributed by atoms with Crippen molar-refractivity contribution in [3.05, 3.63) is 77.1 Å². The molecule has 3 aliphatic heterocycles. The van der Waals surface area contributed by atoms with E-state index in [1.54, 1.807) is 39.9 Å². The van der Waals surface area contributed by atoms with E-state index in [2.05, 4.69) is 26.3 Å². The molecule has 3 fully saturated rings. The topological polar surface area (TPSA) is 360 Å². The van der Waals surface area contributed by atoms with Gasteiger partial charge < -0.3 is 60.2 Å². The molecule has 103 heavy (non-hydrogen) atoms. The average molecular weight is 1440 g/mol. The maximum absolute atomic E-state index is 14.6. The number of ether oxygens (including phenoxy) is 4. The summed E-state index contributed by atoms with van der Waals surface area (Å²) >= 11 is 0. The molecule has 0 bridgehead atoms. The third-order valence-electron chi connectivity index (χ3n) is 18.9. The number of hydrogen-bond acceptors (Lipinski definition) is 20. The fourth-order valence-electron chi connectivity index (χ4n) is 13.3. The number of carbonyl (C=O) groups is 12. The van der Waals surface area contributed by atoms with Gasteiger partial charge in [-0.25, -0.2) is 14.3 Å². The predicted molar refractivity (Wildman–Crippen MR) is 378 cm³/mol. The fourth-order valence-corrected chi connectivity index (χ4v) is 13.3. The van der Waals surface area contributed by atoms with Gasteiger partial charge in [0.1, 0.15) is 37.1 Å². The lowest BCUT2D eigenvalue weighted by atomic mass is 9.84. The number of urea groups is 1. The van der Waals surface area contributed by atoms with Crippen LogP contribution in [0.3, 0.4) is 0 Å². The third kappa shape index (κ3) is 26.0. The number of likely N-dealkylation sites (tertiary alicyclic amines) is 2. The highest BCUT2D eigenvalue weighted by atomic mass is 16.7. The Morgan fingerprint density at radius 2 is 1.26 bits per heavy atom. The number of nitrogens with two attached hydrogens (primary N) is 1. The Balaban J connectivity index is 0.894. The van der Waals surface area contributed by atoms with E-state index in [4.69, 9.17) is 29.5 Å². The van der Waals surface area contributed by atoms with E-state index in [-0.39, 0.29) is 168 Å². The van der Waals surface area contributed by atoms with E-state index in [0.29, 0.717) is 93.3 Å². The van der Waals surface area contributed by atoms with Crippen LogP contribution in [-0.4, -0.2) is 221 Å². The highest BCUT2D eigenvalue weighted by Crippen LogP contribution is 2.30. The second kappa shape index (κ2) is 41.7. The van der Waals surface area contributed by atoms with Crippen molar-refractivity contribution >= 4 is 70.7 Å². The van der Waals surface area contributed by atoms with Crippen molar-refractivity contribution in [3.8, 4) is 5.75 Å². The van der Waals surface area contributed by atoms with Crippen LogP contribution in [0.15, 0.2) is 54.7 Å². The van der Waals surface area contributed by atoms with Gasteiger partial charge in [0.05, 0.1) is 57.4 Å². The van der Waals surface area contributed by atoms with Crippen LogP contribution in [0.5, 0.6) is 5.75 Å². The number of amides is 9. The second-order valence-corrected chi connectivity index (χ2v) is 28.5. The number of imide groups is 1. The smallest absolute Gasteiger partial charge is 0.333 e. The first-order valence-electron chi connectivity index (χ1n) is 36.3. The Morgan fingerprint density at radius 3 is 1.88 bits per heavy atom. The Hall–Kier alpha value is -8.54. The predicted octanol–water partition coefficient (Wildman–Crippen LogP) is 4.71. The molecule has 3 aliphatic rings. The van der Waals surface area contributed by atoms with Crippen LogP contribution in [0, 0.1) is 35.5 Å². The maximum Gasteiger partial charge on any atom is 0.333 e. The van der Waals surface area contributed by atoms with Crippen molar-refractivity contribution in [3.63, 3.8) is 0 Å². The third-order valence-corrected chi connectivity index (χ3v) is 18.9. The molecule has 5 N–H and O–H groups in total. The lowest BCUT2D eigenvalue weighted by molar-refractivity contribution is -0.197. The minimum absolute atomic E-state index is 0.0000242. The Labute approximate surface area is 604 Å². The van der Waals surface area contributed by atoms with Crippen molar-refractivity contribution < 1.29 is 81.3 Å². The number of ketones is 3. The zero-order valence-electron chi connectivity index (χ0n) is 62.0. The van der Waals surface area contributed by atoms with Crippen LogP contribution in [0.4, 0.5) is 4.79 Å². The number of Topliss-reactive ketones (excluding diaryl/α,β-unsaturated/α-hetero) is 3. The molecule has 3 aromatic rings. The van der Waals surface area contributed by atoms with Gasteiger partial charge in [-0.1, -0.05) is 97.0 Å². The van der Waals surface area contributed by atoms with E-state index >= 15 is 0 Å². The van der Waals surface area contributed by atoms with Gasteiger partial charge in [0.25, 0.3) is 11.8 Å². The molecule has 29 nitrogen and oxygen atoms in total. The first-order valence-corrected chi connectivity index (χ1v) is 36.3. The zero-order valence-corrected chi connectivity index (χ0v) is 62.0. The lowest BCUT2D eigenvalue weighted by Crippen LogP contribution is -2.58. The van der Waals surface area contributed by atoms with Gasteiger partial charge in [0, 0.05) is 89.8 Å². The Bertz CT molecular complexity index is 3320. The van der Waals surface area contributed by atoms with E-state index in [1.165, 1.54) is 4.90 Å². The molecule has 0 saturated carbocycles. The van der Waals surface area contributed by atoms with Crippen LogP contribution in [0.25, 0.3) is 0 Å². The van der Waals surface area contributed by atoms with Crippen molar-refractivity contribution in [1.29, 1.82) is 0 Å². The van der Waals surface area contributed by atoms with Gasteiger partial charge in [-0.05, 0) is 118 Å². The van der Waals surface area contributed by atoms with Crippen molar-refractivity contribution in [2.24, 2.45) is 41.2 Å². The molecule has 29 heteroatoms. The van der Waals surface area contributed by atoms with Gasteiger partial charge in [0.2, 0.25) is 29.5 Å². The highest BCUT2D eigenvalue weighted by Gasteiger charge is 2.46. The van der Waals surface area contributed by atoms with Crippen LogP contribution < -0.4 is 26.4 Å². The van der Waals surface area contributed by atoms with Crippen LogP contribution in [0.1, 0.15) is 155 Å². The first kappa shape index (κ1) is 83.4. The summed E-state index contributed by atoms with van der Waals surface area (Å²) in [7, 11) is 5.34. The standard InChI is InChI=1S/C74H110N12O17/c1-47(2)57(41-55(87)46-101-39-38-100-37-36-99-35-34-83-44-54(79-80-83)16-12-20-66(92)103-86-64(90)29-30-65(86)91)69(93)78-59(17-13-31-76-74(75)98)62(88)40-51-21-23-53(24-22-51)45-102-56-27-25-52(26-28-56)43-77-70(94)60-18-14-32-84(60)72(96)61-19-15-33-85(61)73(97)68(50(7)8)82(11)71(95)58(48(3)4)42-63(89)67(49(5)6)81(9)10/h21-28,44,47-50,57-61,67-68H,12-20,29-43,45-46H2,1-11H3,(H,77,94)(H,78,93)(H3,75,76,98). The van der Waals surface area contributed by atoms with E-state index in [0.717, 1.165) is 11.1 Å². The normalized spacial score (nSPS) is 16.9. The number of benzene rings is 2. The van der Waals surface area contributed by atoms with Crippen molar-refractivity contribution in [2.75, 3.05) is 80.4 Å². The number of nitrogens with one attached hydrogen (secondary N) is 3. The summed E-state index contributed by atoms with van der Waals surface area (Å²) in [5.74, 6) is -5.42. The number of carbonyl (C=O) groups excluding carboxylic acids is 12. The number of nitrogens with zero attached hydrogens (tertiary/aromatic N) is 8. The molecule has 0 radical (unpaired) electrons. The molecular formula is C74H110N12O17. The zero-order chi connectivity index (χ0) is 75.4. The second-order valence-electron chi connectivity index (χ2n) is 28.5. The molecule has 568 valence electrons. The van der Waals surface area contributed by atoms with Crippen LogP contribution in [-0.2, 0) is 104 Å². The summed E-state index contributed by atoms with van der Waals surface area (Å²) in [6.07, 6.45) is 5.22. The van der Waals surface area contributed by atoms with Gasteiger partial charge >= 0.3 is 12.0 Å². The molecule has 2 aromatic carbocycles. The minimum Gasteiger partial charge on any atom is -0.489 e. The SMILES string of the molecule is CC(C)C(CC(=O)COCCOCCOCCn1cc(CCCC(=O)ON2C(=O)CCC2=O)nn1)C(=O)NC(CCCNC(N)=O)C(=O)Cc1ccc(COc2ccc(CNC(=O)C3CCCN3C(=O)C3CCCN3C(=O)C(C(C)C)N(C)C(=O)C(CC(=O)C(C(C)C)N(C)C)C(C)C)cc2)cc1. The van der Waals surface area contributed by atoms with Gasteiger partial charge in [-0.3, -0.25) is 52.8 Å². The molecule has 7 atom stereocenters. The van der Waals surface area contributed by atoms with Crippen LogP contribution >= 0.6 is 0 Å². The van der Waals surface area contributed by atoms with Gasteiger partial charge in [-0.2, -0.15) is 0 Å². The number of hydrogen-bond donors (Lipinski definition) is 4. The summed E-state index contributed by atoms with van der Waals surface area (Å²) in [6.45, 7) is 17.9. The molecule has 3 saturated heterocycles. The summed E-state index contributed by atoms with van der Waals surface area (Å²) in [5, 5.41) is 17.1. The fraction of sp³-hybridized carbons (Fsp3) is 0.649. The Morgan fingerprint density at radius 1 is 0.660 bits per heavy atom. The number of rotatable bonds is 45. The lowest BCUT2D eigenvalue weighted by Gasteiger charge is -2.38. The summed E-state index contributed by atoms with van der Waals surface area (Å²) in [6, 6.07) is 10.2. The number of aryl methyl sites for hydroxylation is 1. The molecule has 1 aromatic heterocycles. The van der Waals surface area contributed by atoms with Gasteiger partial charge in [0.15, 0.2) is 17.3 Å².